The summed E-state index contributed by atoms with van der Waals surface area (Å²) in [6.45, 7) is 8.38. The van der Waals surface area contributed by atoms with E-state index in [9.17, 15) is 4.79 Å². The van der Waals surface area contributed by atoms with Crippen LogP contribution in [0.3, 0.4) is 0 Å². The maximum atomic E-state index is 11.4. The summed E-state index contributed by atoms with van der Waals surface area (Å²) in [5.41, 5.74) is 1.29. The molecule has 116 valence electrons. The monoisotopic (exact) mass is 291 g/mol. The Labute approximate surface area is 126 Å². The summed E-state index contributed by atoms with van der Waals surface area (Å²) in [5, 5.41) is 2.89. The van der Waals surface area contributed by atoms with E-state index in [0.717, 1.165) is 32.7 Å². The smallest absolute Gasteiger partial charge is 0.246 e. The molecule has 2 rings (SSSR count). The van der Waals surface area contributed by atoms with Crippen LogP contribution < -0.4 is 10.2 Å². The average Bonchev–Trinajstić information content (AvgIpc) is 2.54. The highest BCUT2D eigenvalue weighted by atomic mass is 16.5. The lowest BCUT2D eigenvalue weighted by Gasteiger charge is -2.36. The second kappa shape index (κ2) is 8.64. The first kappa shape index (κ1) is 15.8. The molecule has 1 heterocycles. The molecule has 0 unspecified atom stereocenters. The molecular weight excluding hydrogens is 266 g/mol. The van der Waals surface area contributed by atoms with Gasteiger partial charge in [-0.1, -0.05) is 18.2 Å². The summed E-state index contributed by atoms with van der Waals surface area (Å²) in [6, 6.07) is 10.5. The van der Waals surface area contributed by atoms with Crippen molar-refractivity contribution in [3.05, 3.63) is 30.3 Å². The third kappa shape index (κ3) is 5.36. The number of nitrogens with one attached hydrogen (secondary N) is 1. The van der Waals surface area contributed by atoms with E-state index in [4.69, 9.17) is 4.74 Å². The van der Waals surface area contributed by atoms with E-state index in [-0.39, 0.29) is 12.5 Å². The molecule has 0 saturated carbocycles. The van der Waals surface area contributed by atoms with E-state index in [1.807, 2.05) is 13.0 Å². The Balaban J connectivity index is 1.62. The van der Waals surface area contributed by atoms with Crippen LogP contribution in [0.1, 0.15) is 6.92 Å². The Morgan fingerprint density at radius 2 is 1.90 bits per heavy atom. The summed E-state index contributed by atoms with van der Waals surface area (Å²) in [7, 11) is 0. The molecule has 0 radical (unpaired) electrons. The second-order valence-corrected chi connectivity index (χ2v) is 5.15. The predicted molar refractivity (Wildman–Crippen MR) is 84.6 cm³/mol. The zero-order valence-electron chi connectivity index (χ0n) is 12.8. The highest BCUT2D eigenvalue weighted by Crippen LogP contribution is 2.15. The Morgan fingerprint density at radius 3 is 2.57 bits per heavy atom. The zero-order chi connectivity index (χ0) is 14.9. The predicted octanol–water partition coefficient (Wildman–Crippen LogP) is 0.961. The quantitative estimate of drug-likeness (QED) is 0.813. The van der Waals surface area contributed by atoms with Gasteiger partial charge in [-0.15, -0.1) is 0 Å². The molecule has 5 heteroatoms. The number of anilines is 1. The van der Waals surface area contributed by atoms with Crippen molar-refractivity contribution in [1.29, 1.82) is 0 Å². The molecule has 21 heavy (non-hydrogen) atoms. The summed E-state index contributed by atoms with van der Waals surface area (Å²) in [4.78, 5) is 16.2. The van der Waals surface area contributed by atoms with Crippen molar-refractivity contribution in [3.8, 4) is 0 Å². The van der Waals surface area contributed by atoms with Gasteiger partial charge in [-0.2, -0.15) is 0 Å². The number of ether oxygens (including phenoxy) is 1. The zero-order valence-corrected chi connectivity index (χ0v) is 12.8. The van der Waals surface area contributed by atoms with E-state index in [2.05, 4.69) is 39.4 Å². The number of carbonyl (C=O) groups excluding carboxylic acids is 1. The van der Waals surface area contributed by atoms with Crippen LogP contribution in [0, 0.1) is 0 Å². The second-order valence-electron chi connectivity index (χ2n) is 5.15. The fourth-order valence-electron chi connectivity index (χ4n) is 2.47. The highest BCUT2D eigenvalue weighted by Gasteiger charge is 2.16. The van der Waals surface area contributed by atoms with E-state index >= 15 is 0 Å². The van der Waals surface area contributed by atoms with Crippen LogP contribution in [0.4, 0.5) is 5.69 Å². The van der Waals surface area contributed by atoms with Gasteiger partial charge in [0.05, 0.1) is 0 Å². The largest absolute Gasteiger partial charge is 0.372 e. The molecule has 1 aliphatic rings. The van der Waals surface area contributed by atoms with Crippen LogP contribution in [0.2, 0.25) is 0 Å². The molecule has 1 N–H and O–H groups in total. The average molecular weight is 291 g/mol. The molecule has 1 aliphatic heterocycles. The first-order valence-electron chi connectivity index (χ1n) is 7.66. The van der Waals surface area contributed by atoms with Crippen molar-refractivity contribution in [2.24, 2.45) is 0 Å². The minimum Gasteiger partial charge on any atom is -0.372 e. The minimum atomic E-state index is -0.0280. The Bertz CT molecular complexity index is 417. The number of para-hydroxylation sites is 1. The normalized spacial score (nSPS) is 16.0. The van der Waals surface area contributed by atoms with E-state index in [1.54, 1.807) is 0 Å². The lowest BCUT2D eigenvalue weighted by atomic mass is 10.2. The lowest BCUT2D eigenvalue weighted by molar-refractivity contribution is -0.125. The van der Waals surface area contributed by atoms with Gasteiger partial charge >= 0.3 is 0 Å². The van der Waals surface area contributed by atoms with Crippen LogP contribution in [0.5, 0.6) is 0 Å². The molecule has 1 saturated heterocycles. The van der Waals surface area contributed by atoms with Gasteiger partial charge in [0.2, 0.25) is 5.91 Å². The Kier molecular flexibility index (Phi) is 6.50. The number of carbonyl (C=O) groups is 1. The van der Waals surface area contributed by atoms with Crippen molar-refractivity contribution in [2.45, 2.75) is 6.92 Å². The number of piperazine rings is 1. The van der Waals surface area contributed by atoms with E-state index < -0.39 is 0 Å². The molecule has 0 bridgehead atoms. The van der Waals surface area contributed by atoms with Crippen LogP contribution in [0.25, 0.3) is 0 Å². The third-order valence-corrected chi connectivity index (χ3v) is 3.68. The van der Waals surface area contributed by atoms with Gasteiger partial charge in [-0.05, 0) is 19.1 Å². The van der Waals surface area contributed by atoms with Crippen LogP contribution >= 0.6 is 0 Å². The number of hydrogen-bond donors (Lipinski definition) is 1. The summed E-state index contributed by atoms with van der Waals surface area (Å²) in [6.07, 6.45) is 0. The summed E-state index contributed by atoms with van der Waals surface area (Å²) >= 11 is 0. The first-order valence-corrected chi connectivity index (χ1v) is 7.66. The fraction of sp³-hybridized carbons (Fsp3) is 0.562. The maximum absolute atomic E-state index is 11.4. The van der Waals surface area contributed by atoms with Gasteiger partial charge in [0.25, 0.3) is 0 Å². The Hall–Kier alpha value is -1.59. The topological polar surface area (TPSA) is 44.8 Å². The fourth-order valence-corrected chi connectivity index (χ4v) is 2.47. The van der Waals surface area contributed by atoms with E-state index in [1.165, 1.54) is 5.69 Å². The lowest BCUT2D eigenvalue weighted by Crippen LogP contribution is -2.48. The molecular formula is C16H25N3O2. The first-order chi connectivity index (χ1) is 10.3. The van der Waals surface area contributed by atoms with Crippen molar-refractivity contribution in [2.75, 3.05) is 57.4 Å². The summed E-state index contributed by atoms with van der Waals surface area (Å²) in [5.74, 6) is -0.0280. The number of benzene rings is 1. The van der Waals surface area contributed by atoms with Gasteiger partial charge < -0.3 is 15.0 Å². The van der Waals surface area contributed by atoms with Crippen LogP contribution in [0.15, 0.2) is 30.3 Å². The standard InChI is InChI=1S/C16H25N3O2/c1-2-21-14-16(20)17-8-9-18-10-12-19(13-11-18)15-6-4-3-5-7-15/h3-7H,2,8-14H2,1H3,(H,17,20). The molecule has 0 atom stereocenters. The molecule has 1 amide bonds. The summed E-state index contributed by atoms with van der Waals surface area (Å²) < 4.78 is 5.07. The molecule has 0 aromatic heterocycles. The van der Waals surface area contributed by atoms with Crippen molar-refractivity contribution in [3.63, 3.8) is 0 Å². The van der Waals surface area contributed by atoms with Gasteiger partial charge in [-0.25, -0.2) is 0 Å². The van der Waals surface area contributed by atoms with Crippen molar-refractivity contribution in [1.82, 2.24) is 10.2 Å². The van der Waals surface area contributed by atoms with Crippen molar-refractivity contribution >= 4 is 11.6 Å². The maximum Gasteiger partial charge on any atom is 0.246 e. The van der Waals surface area contributed by atoms with Gasteiger partial charge in [-0.3, -0.25) is 9.69 Å². The van der Waals surface area contributed by atoms with Gasteiger partial charge in [0, 0.05) is 51.6 Å². The minimum absolute atomic E-state index is 0.0280. The van der Waals surface area contributed by atoms with Gasteiger partial charge in [0.15, 0.2) is 0 Å². The molecule has 1 fully saturated rings. The van der Waals surface area contributed by atoms with Crippen LogP contribution in [-0.2, 0) is 9.53 Å². The highest BCUT2D eigenvalue weighted by molar-refractivity contribution is 5.77. The third-order valence-electron chi connectivity index (χ3n) is 3.68. The van der Waals surface area contributed by atoms with Crippen molar-refractivity contribution < 1.29 is 9.53 Å². The Morgan fingerprint density at radius 1 is 1.19 bits per heavy atom. The number of rotatable bonds is 7. The molecule has 0 spiro atoms. The van der Waals surface area contributed by atoms with Crippen LogP contribution in [-0.4, -0.2) is 63.3 Å². The SMILES string of the molecule is CCOCC(=O)NCCN1CCN(c2ccccc2)CC1. The molecule has 5 nitrogen and oxygen atoms in total. The van der Waals surface area contributed by atoms with Gasteiger partial charge in [0.1, 0.15) is 6.61 Å². The number of nitrogens with zero attached hydrogens (tertiary/aromatic N) is 2. The van der Waals surface area contributed by atoms with E-state index in [0.29, 0.717) is 13.2 Å². The number of amides is 1. The molecule has 1 aromatic rings. The molecule has 1 aromatic carbocycles. The molecule has 0 aliphatic carbocycles. The number of hydrogen-bond acceptors (Lipinski definition) is 4.